The van der Waals surface area contributed by atoms with Crippen molar-refractivity contribution in [2.24, 2.45) is 11.8 Å². The molecule has 3 aliphatic rings. The maximum Gasteiger partial charge on any atom is 0.413 e. The number of hydrogen-bond donors (Lipinski definition) is 0. The molecule has 0 bridgehead atoms. The van der Waals surface area contributed by atoms with Crippen molar-refractivity contribution in [3.8, 4) is 0 Å². The molecule has 3 aromatic rings. The first-order valence-electron chi connectivity index (χ1n) is 13.0. The summed E-state index contributed by atoms with van der Waals surface area (Å²) in [5.41, 5.74) is 2.74. The van der Waals surface area contributed by atoms with Crippen molar-refractivity contribution in [3.05, 3.63) is 64.9 Å². The Morgan fingerprint density at radius 1 is 1.15 bits per heavy atom. The molecule has 0 unspecified atom stereocenters. The second kappa shape index (κ2) is 8.74. The van der Waals surface area contributed by atoms with E-state index in [1.54, 1.807) is 22.8 Å². The van der Waals surface area contributed by atoms with Crippen LogP contribution >= 0.6 is 0 Å². The molecule has 1 amide bonds. The second-order valence-corrected chi connectivity index (χ2v) is 13.6. The highest BCUT2D eigenvalue weighted by molar-refractivity contribution is 7.91. The van der Waals surface area contributed by atoms with Gasteiger partial charge in [0, 0.05) is 42.1 Å². The number of benzene rings is 1. The van der Waals surface area contributed by atoms with Gasteiger partial charge in [0.05, 0.1) is 17.2 Å². The Labute approximate surface area is 223 Å². The summed E-state index contributed by atoms with van der Waals surface area (Å²) in [7, 11) is -2.12. The molecule has 0 radical (unpaired) electrons. The average Bonchev–Trinajstić information content (AvgIpc) is 3.31. The van der Waals surface area contributed by atoms with E-state index in [1.165, 1.54) is 18.2 Å². The number of hydrogen-bond acceptors (Lipinski definition) is 5. The van der Waals surface area contributed by atoms with Gasteiger partial charge in [-0.2, -0.15) is 17.6 Å². The third-order valence-corrected chi connectivity index (χ3v) is 10.8. The number of aromatic nitrogens is 3. The summed E-state index contributed by atoms with van der Waals surface area (Å²) in [5, 5.41) is 4.02. The number of nitrogens with zero attached hydrogens (tertiary/aromatic N) is 4. The molecule has 12 heteroatoms. The highest BCUT2D eigenvalue weighted by atomic mass is 32.2. The molecule has 2 aromatic heterocycles. The van der Waals surface area contributed by atoms with E-state index >= 15 is 0 Å². The first-order valence-corrected chi connectivity index (χ1v) is 14.8. The predicted octanol–water partition coefficient (Wildman–Crippen LogP) is 4.57. The molecule has 6 rings (SSSR count). The normalized spacial score (nSPS) is 27.0. The number of carbonyl (C=O) groups is 1. The maximum absolute atomic E-state index is 14.3. The van der Waals surface area contributed by atoms with Gasteiger partial charge >= 0.3 is 6.18 Å². The molecule has 1 aliphatic heterocycles. The lowest BCUT2D eigenvalue weighted by Crippen LogP contribution is -2.44. The Morgan fingerprint density at radius 2 is 1.82 bits per heavy atom. The van der Waals surface area contributed by atoms with Crippen molar-refractivity contribution < 1.29 is 30.8 Å². The molecule has 1 saturated heterocycles. The van der Waals surface area contributed by atoms with Crippen LogP contribution in [0, 0.1) is 17.8 Å². The van der Waals surface area contributed by atoms with Crippen LogP contribution in [0.4, 0.5) is 17.6 Å². The molecule has 208 valence electrons. The number of rotatable bonds is 4. The zero-order chi connectivity index (χ0) is 27.9. The van der Waals surface area contributed by atoms with Crippen LogP contribution in [0.5, 0.6) is 0 Å². The number of amides is 1. The van der Waals surface area contributed by atoms with Gasteiger partial charge in [0.1, 0.15) is 9.84 Å². The summed E-state index contributed by atoms with van der Waals surface area (Å²) in [5.74, 6) is -2.41. The monoisotopic (exact) mass is 564 g/mol. The molecular weight excluding hydrogens is 536 g/mol. The summed E-state index contributed by atoms with van der Waals surface area (Å²) >= 11 is 0. The summed E-state index contributed by atoms with van der Waals surface area (Å²) in [6.45, 7) is 2.12. The van der Waals surface area contributed by atoms with Crippen LogP contribution in [0.1, 0.15) is 67.0 Å². The van der Waals surface area contributed by atoms with E-state index in [2.05, 4.69) is 17.0 Å². The van der Waals surface area contributed by atoms with Crippen LogP contribution in [0.2, 0.25) is 0 Å². The molecule has 1 saturated carbocycles. The Hall–Kier alpha value is -3.02. The van der Waals surface area contributed by atoms with E-state index in [0.717, 1.165) is 36.7 Å². The van der Waals surface area contributed by atoms with Gasteiger partial charge in [0.15, 0.2) is 11.7 Å². The summed E-state index contributed by atoms with van der Waals surface area (Å²) < 4.78 is 81.8. The van der Waals surface area contributed by atoms with Crippen LogP contribution in [-0.2, 0) is 20.0 Å². The topological polar surface area (TPSA) is 84.6 Å². The fourth-order valence-corrected chi connectivity index (χ4v) is 8.48. The summed E-state index contributed by atoms with van der Waals surface area (Å²) in [4.78, 5) is 18.1. The average molecular weight is 565 g/mol. The van der Waals surface area contributed by atoms with Crippen molar-refractivity contribution in [3.63, 3.8) is 0 Å². The van der Waals surface area contributed by atoms with E-state index in [-0.39, 0.29) is 47.2 Å². The molecule has 2 aliphatic carbocycles. The van der Waals surface area contributed by atoms with Crippen molar-refractivity contribution in [2.75, 3.05) is 18.6 Å². The van der Waals surface area contributed by atoms with Crippen molar-refractivity contribution in [1.29, 1.82) is 0 Å². The number of alkyl halides is 3. The van der Waals surface area contributed by atoms with Crippen molar-refractivity contribution in [2.45, 2.75) is 56.2 Å². The van der Waals surface area contributed by atoms with E-state index in [0.29, 0.717) is 10.5 Å². The molecule has 39 heavy (non-hydrogen) atoms. The first kappa shape index (κ1) is 26.2. The second-order valence-electron chi connectivity index (χ2n) is 11.3. The lowest BCUT2D eigenvalue weighted by atomic mass is 9.59. The van der Waals surface area contributed by atoms with Crippen LogP contribution in [-0.4, -0.2) is 58.6 Å². The number of sulfone groups is 1. The molecule has 0 N–H and O–H groups in total. The van der Waals surface area contributed by atoms with Gasteiger partial charge < -0.3 is 4.90 Å². The molecular formula is C27H28F4N4O3S. The van der Waals surface area contributed by atoms with Gasteiger partial charge in [-0.3, -0.25) is 4.79 Å². The van der Waals surface area contributed by atoms with Gasteiger partial charge in [-0.1, -0.05) is 31.2 Å². The summed E-state index contributed by atoms with van der Waals surface area (Å²) in [6, 6.07) is 5.29. The molecule has 2 fully saturated rings. The van der Waals surface area contributed by atoms with Crippen molar-refractivity contribution >= 4 is 21.4 Å². The van der Waals surface area contributed by atoms with Gasteiger partial charge in [-0.25, -0.2) is 17.9 Å². The third kappa shape index (κ3) is 4.13. The van der Waals surface area contributed by atoms with Gasteiger partial charge in [-0.15, -0.1) is 5.10 Å². The lowest BCUT2D eigenvalue weighted by molar-refractivity contribution is -0.190. The molecule has 1 aromatic carbocycles. The largest absolute Gasteiger partial charge is 0.413 e. The highest BCUT2D eigenvalue weighted by Gasteiger charge is 2.57. The first-order chi connectivity index (χ1) is 18.3. The molecule has 0 spiro atoms. The van der Waals surface area contributed by atoms with Gasteiger partial charge in [0.25, 0.3) is 0 Å². The van der Waals surface area contributed by atoms with E-state index < -0.39 is 39.8 Å². The van der Waals surface area contributed by atoms with Gasteiger partial charge in [-0.05, 0) is 42.7 Å². The zero-order valence-corrected chi connectivity index (χ0v) is 22.3. The fraction of sp³-hybridized carbons (Fsp3) is 0.519. The minimum atomic E-state index is -4.72. The summed E-state index contributed by atoms with van der Waals surface area (Å²) in [6.07, 6.45) is -1.13. The van der Waals surface area contributed by atoms with Crippen LogP contribution in [0.15, 0.2) is 36.5 Å². The van der Waals surface area contributed by atoms with E-state index in [9.17, 15) is 30.8 Å². The SMILES string of the molecule is CN(C(=O)C1CCS(=O)(=O)CC1)[C@H](c1ccc([C@@H]2c3cnc4cc(F)nn4c3[C@]3(C)CC[C@@H]23)cc1)C(F)(F)F. The maximum atomic E-state index is 14.3. The zero-order valence-electron chi connectivity index (χ0n) is 21.4. The minimum Gasteiger partial charge on any atom is -0.330 e. The smallest absolute Gasteiger partial charge is 0.330 e. The number of halogens is 4. The van der Waals surface area contributed by atoms with Crippen molar-refractivity contribution in [1.82, 2.24) is 19.5 Å². The number of fused-ring (bicyclic) bond motifs is 5. The quantitative estimate of drug-likeness (QED) is 0.434. The number of carbonyl (C=O) groups excluding carboxylic acids is 1. The fourth-order valence-electron chi connectivity index (χ4n) is 6.99. The van der Waals surface area contributed by atoms with Crippen LogP contribution in [0.3, 0.4) is 0 Å². The van der Waals surface area contributed by atoms with Crippen LogP contribution < -0.4 is 0 Å². The molecule has 3 heterocycles. The van der Waals surface area contributed by atoms with Gasteiger partial charge in [0.2, 0.25) is 11.9 Å². The minimum absolute atomic E-state index is 0.0255. The standard InChI is InChI=1S/C27H28F4N4O3S/c1-26-10-7-19(26)22(18-14-32-21-13-20(28)33-35(21)24(18)26)15-3-5-16(6-4-15)23(27(29,30)31)34(2)25(36)17-8-11-39(37,38)12-9-17/h3-6,13-14,17,19,22-23H,7-12H2,1-2H3/t19-,22+,23+,26+/m0/s1. The molecule has 7 nitrogen and oxygen atoms in total. The van der Waals surface area contributed by atoms with E-state index in [1.807, 2.05) is 0 Å². The lowest BCUT2D eigenvalue weighted by Gasteiger charge is -2.44. The Morgan fingerprint density at radius 3 is 2.41 bits per heavy atom. The third-order valence-electron chi connectivity index (χ3n) is 9.11. The predicted molar refractivity (Wildman–Crippen MR) is 134 cm³/mol. The highest BCUT2D eigenvalue weighted by Crippen LogP contribution is 2.63. The van der Waals surface area contributed by atoms with Crippen LogP contribution in [0.25, 0.3) is 5.65 Å². The molecule has 4 atom stereocenters. The van der Waals surface area contributed by atoms with E-state index in [4.69, 9.17) is 0 Å². The Bertz CT molecular complexity index is 1560. The Balaban J connectivity index is 1.31. The Kier molecular flexibility index (Phi) is 5.87.